The number of hydrogen-bond acceptors (Lipinski definition) is 6. The second-order valence-corrected chi connectivity index (χ2v) is 9.69. The third kappa shape index (κ3) is 4.12. The van der Waals surface area contributed by atoms with E-state index in [1.807, 2.05) is 0 Å². The molecule has 4 rings (SSSR count). The molecule has 0 aliphatic heterocycles. The average molecular weight is 471 g/mol. The molecule has 4 aromatic rings. The molecule has 1 aromatic heterocycles. The van der Waals surface area contributed by atoms with Crippen LogP contribution >= 0.6 is 11.3 Å². The maximum absolute atomic E-state index is 13.4. The third-order valence-electron chi connectivity index (χ3n) is 4.64. The monoisotopic (exact) mass is 470 g/mol. The Bertz CT molecular complexity index is 1380. The number of nitrogens with one attached hydrogen (secondary N) is 1. The second kappa shape index (κ2) is 8.52. The minimum atomic E-state index is -4.09. The SMILES string of the molecule is Nc1c(C(=O)c2ccc(F)cc2)sc(Nc2ccc(F)cc2)c1S(=O)(=O)c1ccccc1. The summed E-state index contributed by atoms with van der Waals surface area (Å²) in [7, 11) is -4.09. The van der Waals surface area contributed by atoms with Crippen molar-refractivity contribution in [1.82, 2.24) is 0 Å². The number of carbonyl (C=O) groups excluding carboxylic acids is 1. The molecule has 3 aromatic carbocycles. The highest BCUT2D eigenvalue weighted by atomic mass is 32.2. The van der Waals surface area contributed by atoms with Crippen LogP contribution in [0.3, 0.4) is 0 Å². The Morgan fingerprint density at radius 2 is 1.41 bits per heavy atom. The van der Waals surface area contributed by atoms with E-state index in [-0.39, 0.29) is 30.9 Å². The largest absolute Gasteiger partial charge is 0.396 e. The van der Waals surface area contributed by atoms with Crippen molar-refractivity contribution < 1.29 is 22.0 Å². The highest BCUT2D eigenvalue weighted by Crippen LogP contribution is 2.44. The van der Waals surface area contributed by atoms with Crippen molar-refractivity contribution in [2.24, 2.45) is 0 Å². The fourth-order valence-electron chi connectivity index (χ4n) is 3.06. The quantitative estimate of drug-likeness (QED) is 0.368. The van der Waals surface area contributed by atoms with Gasteiger partial charge in [0.2, 0.25) is 15.6 Å². The van der Waals surface area contributed by atoms with Gasteiger partial charge in [-0.1, -0.05) is 18.2 Å². The van der Waals surface area contributed by atoms with Crippen LogP contribution < -0.4 is 11.1 Å². The lowest BCUT2D eigenvalue weighted by Gasteiger charge is -2.09. The zero-order chi connectivity index (χ0) is 22.9. The lowest BCUT2D eigenvalue weighted by atomic mass is 10.1. The van der Waals surface area contributed by atoms with Crippen LogP contribution in [-0.2, 0) is 9.84 Å². The van der Waals surface area contributed by atoms with Gasteiger partial charge < -0.3 is 11.1 Å². The summed E-state index contributed by atoms with van der Waals surface area (Å²) in [6.07, 6.45) is 0. The summed E-state index contributed by atoms with van der Waals surface area (Å²) in [5.41, 5.74) is 6.58. The molecule has 1 heterocycles. The number of ketones is 1. The van der Waals surface area contributed by atoms with E-state index < -0.39 is 27.3 Å². The predicted molar refractivity (Wildman–Crippen MR) is 120 cm³/mol. The Morgan fingerprint density at radius 3 is 2.00 bits per heavy atom. The summed E-state index contributed by atoms with van der Waals surface area (Å²) < 4.78 is 53.4. The van der Waals surface area contributed by atoms with E-state index in [0.717, 1.165) is 23.5 Å². The van der Waals surface area contributed by atoms with E-state index in [1.165, 1.54) is 48.5 Å². The van der Waals surface area contributed by atoms with Crippen LogP contribution in [0.5, 0.6) is 0 Å². The number of nitrogen functional groups attached to an aromatic ring is 1. The van der Waals surface area contributed by atoms with Gasteiger partial charge in [0, 0.05) is 11.3 Å². The number of anilines is 3. The molecule has 0 radical (unpaired) electrons. The van der Waals surface area contributed by atoms with Crippen LogP contribution in [0.15, 0.2) is 88.7 Å². The first-order valence-electron chi connectivity index (χ1n) is 9.32. The van der Waals surface area contributed by atoms with Gasteiger partial charge in [0.25, 0.3) is 0 Å². The average Bonchev–Trinajstić information content (AvgIpc) is 3.12. The zero-order valence-corrected chi connectivity index (χ0v) is 18.0. The van der Waals surface area contributed by atoms with Crippen LogP contribution in [0.1, 0.15) is 15.2 Å². The standard InChI is InChI=1S/C23H16F2N2O3S2/c24-15-8-6-14(7-9-15)20(28)21-19(26)22(32(29,30)18-4-2-1-3-5-18)23(31-21)27-17-12-10-16(25)11-13-17/h1-13,27H,26H2. The summed E-state index contributed by atoms with van der Waals surface area (Å²) >= 11 is 0.862. The number of rotatable bonds is 6. The Kier molecular flexibility index (Phi) is 5.77. The molecule has 0 unspecified atom stereocenters. The number of hydrogen-bond donors (Lipinski definition) is 2. The molecule has 0 atom stereocenters. The molecule has 0 aliphatic carbocycles. The molecule has 0 saturated carbocycles. The van der Waals surface area contributed by atoms with Gasteiger partial charge in [-0.05, 0) is 60.7 Å². The molecule has 9 heteroatoms. The second-order valence-electron chi connectivity index (χ2n) is 6.79. The maximum Gasteiger partial charge on any atom is 0.211 e. The maximum atomic E-state index is 13.4. The Balaban J connectivity index is 1.87. The summed E-state index contributed by atoms with van der Waals surface area (Å²) in [5, 5.41) is 3.05. The van der Waals surface area contributed by atoms with E-state index in [4.69, 9.17) is 5.73 Å². The molecule has 0 amide bonds. The first kappa shape index (κ1) is 21.7. The normalized spacial score (nSPS) is 11.3. The topological polar surface area (TPSA) is 89.3 Å². The van der Waals surface area contributed by atoms with E-state index in [9.17, 15) is 22.0 Å². The van der Waals surface area contributed by atoms with Crippen molar-refractivity contribution in [3.05, 3.63) is 101 Å². The van der Waals surface area contributed by atoms with Gasteiger partial charge in [0.05, 0.1) is 10.6 Å². The Hall–Kier alpha value is -3.56. The summed E-state index contributed by atoms with van der Waals surface area (Å²) in [5.74, 6) is -1.50. The Labute approximate surface area is 187 Å². The number of nitrogens with two attached hydrogens (primary N) is 1. The van der Waals surface area contributed by atoms with E-state index >= 15 is 0 Å². The first-order chi connectivity index (χ1) is 15.3. The smallest absolute Gasteiger partial charge is 0.211 e. The van der Waals surface area contributed by atoms with Crippen molar-refractivity contribution in [2.75, 3.05) is 11.1 Å². The minimum absolute atomic E-state index is 0.00396. The predicted octanol–water partition coefficient (Wildman–Crippen LogP) is 5.42. The highest BCUT2D eigenvalue weighted by molar-refractivity contribution is 7.92. The number of thiophene rings is 1. The summed E-state index contributed by atoms with van der Waals surface area (Å²) in [4.78, 5) is 12.8. The van der Waals surface area contributed by atoms with Crippen molar-refractivity contribution in [2.45, 2.75) is 9.79 Å². The summed E-state index contributed by atoms with van der Waals surface area (Å²) in [6.45, 7) is 0. The molecule has 5 nitrogen and oxygen atoms in total. The van der Waals surface area contributed by atoms with Crippen LogP contribution in [0, 0.1) is 11.6 Å². The molecule has 0 fully saturated rings. The van der Waals surface area contributed by atoms with Crippen molar-refractivity contribution in [3.63, 3.8) is 0 Å². The number of halogens is 2. The number of sulfone groups is 1. The lowest BCUT2D eigenvalue weighted by Crippen LogP contribution is -2.08. The number of carbonyl (C=O) groups is 1. The first-order valence-corrected chi connectivity index (χ1v) is 11.6. The highest BCUT2D eigenvalue weighted by Gasteiger charge is 2.31. The van der Waals surface area contributed by atoms with Crippen LogP contribution in [0.4, 0.5) is 25.2 Å². The van der Waals surface area contributed by atoms with Crippen LogP contribution in [0.2, 0.25) is 0 Å². The molecule has 0 saturated heterocycles. The van der Waals surface area contributed by atoms with Gasteiger partial charge in [-0.25, -0.2) is 17.2 Å². The molecule has 0 aliphatic rings. The van der Waals surface area contributed by atoms with Gasteiger partial charge in [0.1, 0.15) is 26.4 Å². The molecule has 0 spiro atoms. The summed E-state index contributed by atoms with van der Waals surface area (Å²) in [6, 6.07) is 17.9. The lowest BCUT2D eigenvalue weighted by molar-refractivity contribution is 0.104. The fourth-order valence-corrected chi connectivity index (χ4v) is 6.02. The van der Waals surface area contributed by atoms with Crippen molar-refractivity contribution in [1.29, 1.82) is 0 Å². The minimum Gasteiger partial charge on any atom is -0.396 e. The molecule has 162 valence electrons. The Morgan fingerprint density at radius 1 is 0.844 bits per heavy atom. The third-order valence-corrected chi connectivity index (χ3v) is 7.74. The van der Waals surface area contributed by atoms with E-state index in [0.29, 0.717) is 5.69 Å². The van der Waals surface area contributed by atoms with E-state index in [2.05, 4.69) is 5.32 Å². The molecular weight excluding hydrogens is 454 g/mol. The van der Waals surface area contributed by atoms with Gasteiger partial charge in [0.15, 0.2) is 0 Å². The van der Waals surface area contributed by atoms with Crippen LogP contribution in [-0.4, -0.2) is 14.2 Å². The van der Waals surface area contributed by atoms with Crippen molar-refractivity contribution >= 4 is 43.3 Å². The molecule has 0 bridgehead atoms. The van der Waals surface area contributed by atoms with Crippen LogP contribution in [0.25, 0.3) is 0 Å². The zero-order valence-electron chi connectivity index (χ0n) is 16.4. The van der Waals surface area contributed by atoms with Gasteiger partial charge in [-0.15, -0.1) is 11.3 Å². The van der Waals surface area contributed by atoms with Gasteiger partial charge in [-0.3, -0.25) is 4.79 Å². The fraction of sp³-hybridized carbons (Fsp3) is 0. The van der Waals surface area contributed by atoms with Gasteiger partial charge >= 0.3 is 0 Å². The van der Waals surface area contributed by atoms with Gasteiger partial charge in [-0.2, -0.15) is 0 Å². The van der Waals surface area contributed by atoms with E-state index in [1.54, 1.807) is 18.2 Å². The van der Waals surface area contributed by atoms with Crippen molar-refractivity contribution in [3.8, 4) is 0 Å². The molecular formula is C23H16F2N2O3S2. The number of benzene rings is 3. The molecule has 32 heavy (non-hydrogen) atoms. The molecule has 3 N–H and O–H groups in total.